The Kier molecular flexibility index (Phi) is 1.15. The number of carbonyl (C=O) groups is 1. The van der Waals surface area contributed by atoms with Crippen molar-refractivity contribution in [2.24, 2.45) is 35.0 Å². The summed E-state index contributed by atoms with van der Waals surface area (Å²) in [5.41, 5.74) is -0.0242. The summed E-state index contributed by atoms with van der Waals surface area (Å²) in [4.78, 5) is 12.0. The van der Waals surface area contributed by atoms with Gasteiger partial charge in [0.2, 0.25) is 0 Å². The van der Waals surface area contributed by atoms with Gasteiger partial charge in [-0.15, -0.1) is 6.58 Å². The lowest BCUT2D eigenvalue weighted by molar-refractivity contribution is -0.127. The first-order valence-corrected chi connectivity index (χ1v) is 5.26. The van der Waals surface area contributed by atoms with E-state index in [1.54, 1.807) is 0 Å². The molecule has 0 spiro atoms. The lowest BCUT2D eigenvalue weighted by Crippen LogP contribution is -2.27. The minimum absolute atomic E-state index is 0.0242. The molecule has 0 aliphatic heterocycles. The summed E-state index contributed by atoms with van der Waals surface area (Å²) in [5, 5.41) is 0. The Balaban J connectivity index is 2.01. The fourth-order valence-electron chi connectivity index (χ4n) is 4.03. The van der Waals surface area contributed by atoms with Gasteiger partial charge >= 0.3 is 0 Å². The van der Waals surface area contributed by atoms with Crippen LogP contribution in [0, 0.1) is 35.0 Å². The third-order valence-electron chi connectivity index (χ3n) is 4.79. The molecule has 3 aliphatic carbocycles. The fourth-order valence-corrected chi connectivity index (χ4v) is 4.03. The number of allylic oxidation sites excluding steroid dienone is 1. The topological polar surface area (TPSA) is 17.1 Å². The molecule has 1 nitrogen and oxygen atoms in total. The molecule has 0 radical (unpaired) electrons. The SMILES string of the molecule is C=C[C@H]1C[C@H]2[C@@H]3[C@H](C(=O)C2(C)C)[C@@H]31. The van der Waals surface area contributed by atoms with Crippen molar-refractivity contribution >= 4 is 5.78 Å². The Hall–Kier alpha value is -0.590. The van der Waals surface area contributed by atoms with Gasteiger partial charge in [-0.1, -0.05) is 19.9 Å². The van der Waals surface area contributed by atoms with E-state index < -0.39 is 0 Å². The van der Waals surface area contributed by atoms with Crippen LogP contribution in [-0.2, 0) is 4.79 Å². The standard InChI is InChI=1S/C12H16O/c1-4-6-5-7-9-8(6)10(9)11(13)12(7,2)3/h4,6-10H,1,5H2,2-3H3/t6-,7-,8+,9-,10+/m0/s1. The maximum atomic E-state index is 12.0. The van der Waals surface area contributed by atoms with Crippen molar-refractivity contribution in [3.63, 3.8) is 0 Å². The van der Waals surface area contributed by atoms with Crippen LogP contribution in [0.5, 0.6) is 0 Å². The van der Waals surface area contributed by atoms with E-state index >= 15 is 0 Å². The molecule has 70 valence electrons. The van der Waals surface area contributed by atoms with Crippen LogP contribution in [0.15, 0.2) is 12.7 Å². The average Bonchev–Trinajstić information content (AvgIpc) is 2.64. The first-order chi connectivity index (χ1) is 6.09. The zero-order chi connectivity index (χ0) is 9.38. The molecule has 3 fully saturated rings. The third-order valence-corrected chi connectivity index (χ3v) is 4.79. The van der Waals surface area contributed by atoms with Crippen LogP contribution in [-0.4, -0.2) is 5.78 Å². The van der Waals surface area contributed by atoms with Crippen molar-refractivity contribution in [1.29, 1.82) is 0 Å². The van der Waals surface area contributed by atoms with Crippen molar-refractivity contribution in [3.8, 4) is 0 Å². The minimum Gasteiger partial charge on any atom is -0.299 e. The van der Waals surface area contributed by atoms with Crippen LogP contribution in [0.1, 0.15) is 20.3 Å². The van der Waals surface area contributed by atoms with Crippen molar-refractivity contribution in [1.82, 2.24) is 0 Å². The highest BCUT2D eigenvalue weighted by Crippen LogP contribution is 2.74. The van der Waals surface area contributed by atoms with Gasteiger partial charge in [0.05, 0.1) is 0 Å². The lowest BCUT2D eigenvalue weighted by Gasteiger charge is -2.24. The molecular formula is C12H16O. The van der Waals surface area contributed by atoms with Gasteiger partial charge in [0, 0.05) is 11.3 Å². The number of hydrogen-bond donors (Lipinski definition) is 0. The number of rotatable bonds is 1. The molecule has 0 bridgehead atoms. The molecule has 13 heavy (non-hydrogen) atoms. The molecule has 0 heterocycles. The molecule has 0 aromatic carbocycles. The van der Waals surface area contributed by atoms with Crippen molar-refractivity contribution in [3.05, 3.63) is 12.7 Å². The fraction of sp³-hybridized carbons (Fsp3) is 0.750. The maximum absolute atomic E-state index is 12.0. The summed E-state index contributed by atoms with van der Waals surface area (Å²) in [5.74, 6) is 3.71. The lowest BCUT2D eigenvalue weighted by atomic mass is 9.78. The Labute approximate surface area is 79.2 Å². The summed E-state index contributed by atoms with van der Waals surface area (Å²) in [6.45, 7) is 8.15. The molecule has 3 saturated carbocycles. The molecule has 3 rings (SSSR count). The van der Waals surface area contributed by atoms with Crippen LogP contribution < -0.4 is 0 Å². The van der Waals surface area contributed by atoms with Gasteiger partial charge in [0.25, 0.3) is 0 Å². The summed E-state index contributed by atoms with van der Waals surface area (Å²) in [6, 6.07) is 0. The Bertz CT molecular complexity index is 302. The van der Waals surface area contributed by atoms with E-state index in [2.05, 4.69) is 26.5 Å². The normalized spacial score (nSPS) is 54.9. The van der Waals surface area contributed by atoms with E-state index in [-0.39, 0.29) is 5.41 Å². The van der Waals surface area contributed by atoms with Crippen LogP contribution in [0.25, 0.3) is 0 Å². The van der Waals surface area contributed by atoms with Gasteiger partial charge < -0.3 is 0 Å². The van der Waals surface area contributed by atoms with E-state index in [9.17, 15) is 4.79 Å². The smallest absolute Gasteiger partial charge is 0.142 e. The van der Waals surface area contributed by atoms with Crippen molar-refractivity contribution < 1.29 is 4.79 Å². The van der Waals surface area contributed by atoms with Crippen molar-refractivity contribution in [2.45, 2.75) is 20.3 Å². The number of carbonyl (C=O) groups excluding carboxylic acids is 1. The molecule has 3 aliphatic rings. The van der Waals surface area contributed by atoms with Gasteiger partial charge in [0.1, 0.15) is 5.78 Å². The Morgan fingerprint density at radius 1 is 1.46 bits per heavy atom. The summed E-state index contributed by atoms with van der Waals surface area (Å²) >= 11 is 0. The van der Waals surface area contributed by atoms with E-state index in [0.717, 1.165) is 5.92 Å². The Morgan fingerprint density at radius 2 is 2.15 bits per heavy atom. The zero-order valence-corrected chi connectivity index (χ0v) is 8.29. The van der Waals surface area contributed by atoms with E-state index in [0.29, 0.717) is 29.5 Å². The second-order valence-corrected chi connectivity index (χ2v) is 5.51. The highest BCUT2D eigenvalue weighted by Gasteiger charge is 2.74. The van der Waals surface area contributed by atoms with Crippen LogP contribution in [0.3, 0.4) is 0 Å². The summed E-state index contributed by atoms with van der Waals surface area (Å²) < 4.78 is 0. The second-order valence-electron chi connectivity index (χ2n) is 5.51. The van der Waals surface area contributed by atoms with Crippen LogP contribution in [0.2, 0.25) is 0 Å². The van der Waals surface area contributed by atoms with Crippen LogP contribution >= 0.6 is 0 Å². The molecule has 0 amide bonds. The molecule has 5 atom stereocenters. The highest BCUT2D eigenvalue weighted by atomic mass is 16.1. The number of hydrogen-bond acceptors (Lipinski definition) is 1. The van der Waals surface area contributed by atoms with Gasteiger partial charge in [-0.3, -0.25) is 4.79 Å². The summed E-state index contributed by atoms with van der Waals surface area (Å²) in [7, 11) is 0. The predicted octanol–water partition coefficient (Wildman–Crippen LogP) is 2.28. The molecule has 0 saturated heterocycles. The predicted molar refractivity (Wildman–Crippen MR) is 51.1 cm³/mol. The molecule has 0 unspecified atom stereocenters. The zero-order valence-electron chi connectivity index (χ0n) is 8.29. The molecule has 1 heteroatoms. The molecule has 0 aromatic rings. The Morgan fingerprint density at radius 3 is 2.62 bits per heavy atom. The molecular weight excluding hydrogens is 160 g/mol. The number of Topliss-reactive ketones (excluding diaryl/α,β-unsaturated/α-hetero) is 1. The molecule has 0 N–H and O–H groups in total. The van der Waals surface area contributed by atoms with Gasteiger partial charge in [-0.05, 0) is 30.1 Å². The maximum Gasteiger partial charge on any atom is 0.142 e. The third kappa shape index (κ3) is 0.651. The first-order valence-electron chi connectivity index (χ1n) is 5.26. The monoisotopic (exact) mass is 176 g/mol. The quantitative estimate of drug-likeness (QED) is 0.560. The van der Waals surface area contributed by atoms with Gasteiger partial charge in [-0.25, -0.2) is 0 Å². The van der Waals surface area contributed by atoms with E-state index in [4.69, 9.17) is 0 Å². The van der Waals surface area contributed by atoms with E-state index in [1.165, 1.54) is 6.42 Å². The first kappa shape index (κ1) is 7.78. The number of ketones is 1. The average molecular weight is 176 g/mol. The molecule has 0 aromatic heterocycles. The second kappa shape index (κ2) is 1.92. The van der Waals surface area contributed by atoms with E-state index in [1.807, 2.05) is 0 Å². The van der Waals surface area contributed by atoms with Crippen molar-refractivity contribution in [2.75, 3.05) is 0 Å². The number of fused-ring (bicyclic) bond motifs is 1. The highest BCUT2D eigenvalue weighted by molar-refractivity contribution is 5.93. The minimum atomic E-state index is -0.0242. The van der Waals surface area contributed by atoms with Crippen LogP contribution in [0.4, 0.5) is 0 Å². The summed E-state index contributed by atoms with van der Waals surface area (Å²) in [6.07, 6.45) is 3.29. The largest absolute Gasteiger partial charge is 0.299 e. The van der Waals surface area contributed by atoms with Gasteiger partial charge in [-0.2, -0.15) is 0 Å². The van der Waals surface area contributed by atoms with Gasteiger partial charge in [0.15, 0.2) is 0 Å².